The lowest BCUT2D eigenvalue weighted by Gasteiger charge is -2.13. The Morgan fingerprint density at radius 2 is 1.90 bits per heavy atom. The van der Waals surface area contributed by atoms with E-state index in [0.29, 0.717) is 34.9 Å². The van der Waals surface area contributed by atoms with Crippen LogP contribution in [-0.2, 0) is 4.74 Å². The zero-order chi connectivity index (χ0) is 21.8. The largest absolute Gasteiger partial charge is 0.462 e. The normalized spacial score (nSPS) is 10.6. The predicted molar refractivity (Wildman–Crippen MR) is 122 cm³/mol. The van der Waals surface area contributed by atoms with Crippen LogP contribution in [-0.4, -0.2) is 27.5 Å². The third kappa shape index (κ3) is 4.41. The summed E-state index contributed by atoms with van der Waals surface area (Å²) in [6, 6.07) is 14.3. The predicted octanol–water partition coefficient (Wildman–Crippen LogP) is 5.08. The van der Waals surface area contributed by atoms with Crippen molar-refractivity contribution in [2.45, 2.75) is 6.92 Å². The highest BCUT2D eigenvalue weighted by Crippen LogP contribution is 2.35. The van der Waals surface area contributed by atoms with Crippen molar-refractivity contribution in [1.82, 2.24) is 15.0 Å². The number of nitrogens with one attached hydrogen (secondary N) is 1. The van der Waals surface area contributed by atoms with E-state index in [1.165, 1.54) is 6.33 Å². The first kappa shape index (κ1) is 20.5. The fourth-order valence-electron chi connectivity index (χ4n) is 2.90. The van der Waals surface area contributed by atoms with Crippen LogP contribution in [0.1, 0.15) is 17.3 Å². The number of nitrogen functional groups attached to an aromatic ring is 1. The summed E-state index contributed by atoms with van der Waals surface area (Å²) < 4.78 is 11.9. The molecule has 0 aliphatic rings. The molecule has 0 amide bonds. The van der Waals surface area contributed by atoms with Crippen molar-refractivity contribution in [2.75, 3.05) is 17.7 Å². The van der Waals surface area contributed by atoms with Crippen molar-refractivity contribution >= 4 is 50.0 Å². The highest BCUT2D eigenvalue weighted by atomic mass is 79.9. The molecule has 0 bridgehead atoms. The summed E-state index contributed by atoms with van der Waals surface area (Å²) in [5, 5.41) is 4.02. The minimum Gasteiger partial charge on any atom is -0.462 e. The second-order valence-electron chi connectivity index (χ2n) is 6.41. The molecule has 0 fully saturated rings. The molecule has 2 heterocycles. The molecule has 0 aliphatic carbocycles. The highest BCUT2D eigenvalue weighted by molar-refractivity contribution is 9.10. The van der Waals surface area contributed by atoms with Crippen molar-refractivity contribution < 1.29 is 14.3 Å². The van der Waals surface area contributed by atoms with Crippen molar-refractivity contribution in [1.29, 1.82) is 0 Å². The number of nitrogens with two attached hydrogens (primary N) is 1. The average Bonchev–Trinajstić information content (AvgIpc) is 2.79. The minimum atomic E-state index is -0.373. The van der Waals surface area contributed by atoms with Crippen LogP contribution in [0.3, 0.4) is 0 Å². The Morgan fingerprint density at radius 3 is 2.68 bits per heavy atom. The Morgan fingerprint density at radius 1 is 1.10 bits per heavy atom. The number of carbonyl (C=O) groups excluding carboxylic acids is 1. The lowest BCUT2D eigenvalue weighted by Crippen LogP contribution is -2.05. The van der Waals surface area contributed by atoms with Gasteiger partial charge in [0.2, 0.25) is 5.88 Å². The Kier molecular flexibility index (Phi) is 5.94. The van der Waals surface area contributed by atoms with Crippen LogP contribution < -0.4 is 15.8 Å². The number of aromatic nitrogens is 3. The lowest BCUT2D eigenvalue weighted by atomic mass is 10.2. The highest BCUT2D eigenvalue weighted by Gasteiger charge is 2.14. The van der Waals surface area contributed by atoms with Gasteiger partial charge in [0.05, 0.1) is 12.2 Å². The van der Waals surface area contributed by atoms with Gasteiger partial charge in [-0.05, 0) is 49.4 Å². The van der Waals surface area contributed by atoms with Gasteiger partial charge in [-0.15, -0.1) is 0 Å². The van der Waals surface area contributed by atoms with Gasteiger partial charge in [-0.1, -0.05) is 22.0 Å². The standard InChI is InChI=1S/C22H18BrN5O3/c1-2-30-22(29)13-5-7-14(8-6-13)28-20-18(24)21(27-12-26-20)31-17-10-9-16(23)15-4-3-11-25-19(15)17/h3-12H,2,24H2,1H3,(H,26,27,28). The molecule has 0 aliphatic heterocycles. The molecule has 2 aromatic carbocycles. The Labute approximate surface area is 186 Å². The van der Waals surface area contributed by atoms with Gasteiger partial charge in [-0.3, -0.25) is 4.98 Å². The summed E-state index contributed by atoms with van der Waals surface area (Å²) in [5.41, 5.74) is 8.33. The number of fused-ring (bicyclic) bond motifs is 1. The summed E-state index contributed by atoms with van der Waals surface area (Å²) >= 11 is 3.52. The third-order valence-electron chi connectivity index (χ3n) is 4.39. The number of hydrogen-bond acceptors (Lipinski definition) is 8. The SMILES string of the molecule is CCOC(=O)c1ccc(Nc2ncnc(Oc3ccc(Br)c4cccnc34)c2N)cc1. The number of nitrogens with zero attached hydrogens (tertiary/aromatic N) is 3. The number of anilines is 3. The topological polar surface area (TPSA) is 112 Å². The number of benzene rings is 2. The summed E-state index contributed by atoms with van der Waals surface area (Å²) in [4.78, 5) is 24.6. The van der Waals surface area contributed by atoms with E-state index in [1.54, 1.807) is 43.5 Å². The zero-order valence-electron chi connectivity index (χ0n) is 16.5. The molecule has 9 heteroatoms. The summed E-state index contributed by atoms with van der Waals surface area (Å²) in [5.74, 6) is 0.730. The van der Waals surface area contributed by atoms with E-state index in [-0.39, 0.29) is 17.5 Å². The van der Waals surface area contributed by atoms with Crippen LogP contribution in [0.2, 0.25) is 0 Å². The Bertz CT molecular complexity index is 1250. The minimum absolute atomic E-state index is 0.204. The Balaban J connectivity index is 1.58. The number of hydrogen-bond donors (Lipinski definition) is 2. The van der Waals surface area contributed by atoms with Crippen LogP contribution in [0.5, 0.6) is 11.6 Å². The molecule has 3 N–H and O–H groups in total. The average molecular weight is 480 g/mol. The van der Waals surface area contributed by atoms with Crippen molar-refractivity contribution in [3.05, 3.63) is 71.1 Å². The zero-order valence-corrected chi connectivity index (χ0v) is 18.1. The van der Waals surface area contributed by atoms with Crippen LogP contribution in [0.15, 0.2) is 65.5 Å². The van der Waals surface area contributed by atoms with Gasteiger partial charge in [-0.25, -0.2) is 9.78 Å². The van der Waals surface area contributed by atoms with E-state index >= 15 is 0 Å². The van der Waals surface area contributed by atoms with Crippen LogP contribution in [0.4, 0.5) is 17.2 Å². The van der Waals surface area contributed by atoms with Crippen LogP contribution >= 0.6 is 15.9 Å². The molecular formula is C22H18BrN5O3. The van der Waals surface area contributed by atoms with Gasteiger partial charge >= 0.3 is 5.97 Å². The first-order valence-electron chi connectivity index (χ1n) is 9.42. The molecule has 4 rings (SSSR count). The third-order valence-corrected chi connectivity index (χ3v) is 5.08. The van der Waals surface area contributed by atoms with E-state index in [0.717, 1.165) is 9.86 Å². The maximum atomic E-state index is 11.8. The molecular weight excluding hydrogens is 462 g/mol. The molecule has 0 spiro atoms. The number of halogens is 1. The molecule has 4 aromatic rings. The molecule has 0 atom stereocenters. The summed E-state index contributed by atoms with van der Waals surface area (Å²) in [6.45, 7) is 2.08. The molecule has 0 saturated heterocycles. The molecule has 8 nitrogen and oxygen atoms in total. The number of pyridine rings is 1. The van der Waals surface area contributed by atoms with E-state index in [1.807, 2.05) is 18.2 Å². The van der Waals surface area contributed by atoms with Gasteiger partial charge in [-0.2, -0.15) is 4.98 Å². The van der Waals surface area contributed by atoms with E-state index in [4.69, 9.17) is 15.2 Å². The summed E-state index contributed by atoms with van der Waals surface area (Å²) in [6.07, 6.45) is 3.05. The van der Waals surface area contributed by atoms with Crippen LogP contribution in [0.25, 0.3) is 10.9 Å². The van der Waals surface area contributed by atoms with Crippen molar-refractivity contribution in [3.8, 4) is 11.6 Å². The van der Waals surface area contributed by atoms with Gasteiger partial charge < -0.3 is 20.5 Å². The van der Waals surface area contributed by atoms with Crippen LogP contribution in [0, 0.1) is 0 Å². The molecule has 2 aromatic heterocycles. The molecule has 31 heavy (non-hydrogen) atoms. The molecule has 0 saturated carbocycles. The second kappa shape index (κ2) is 8.97. The molecule has 156 valence electrons. The molecule has 0 unspecified atom stereocenters. The molecule has 0 radical (unpaired) electrons. The smallest absolute Gasteiger partial charge is 0.338 e. The number of ether oxygens (including phenoxy) is 2. The fourth-order valence-corrected chi connectivity index (χ4v) is 3.35. The number of esters is 1. The van der Waals surface area contributed by atoms with E-state index in [2.05, 4.69) is 36.2 Å². The maximum Gasteiger partial charge on any atom is 0.338 e. The summed E-state index contributed by atoms with van der Waals surface area (Å²) in [7, 11) is 0. The van der Waals surface area contributed by atoms with Gasteiger partial charge in [0.1, 0.15) is 17.5 Å². The lowest BCUT2D eigenvalue weighted by molar-refractivity contribution is 0.0526. The van der Waals surface area contributed by atoms with E-state index in [9.17, 15) is 4.79 Å². The monoisotopic (exact) mass is 479 g/mol. The first-order chi connectivity index (χ1) is 15.1. The number of rotatable bonds is 6. The Hall–Kier alpha value is -3.72. The van der Waals surface area contributed by atoms with E-state index < -0.39 is 0 Å². The second-order valence-corrected chi connectivity index (χ2v) is 7.27. The first-order valence-corrected chi connectivity index (χ1v) is 10.2. The van der Waals surface area contributed by atoms with Gasteiger partial charge in [0.15, 0.2) is 11.6 Å². The quantitative estimate of drug-likeness (QED) is 0.368. The fraction of sp³-hybridized carbons (Fsp3) is 0.0909. The number of carbonyl (C=O) groups is 1. The van der Waals surface area contributed by atoms with Gasteiger partial charge in [0.25, 0.3) is 0 Å². The maximum absolute atomic E-state index is 11.8. The van der Waals surface area contributed by atoms with Crippen molar-refractivity contribution in [3.63, 3.8) is 0 Å². The van der Waals surface area contributed by atoms with Gasteiger partial charge in [0, 0.05) is 21.7 Å². The van der Waals surface area contributed by atoms with Crippen molar-refractivity contribution in [2.24, 2.45) is 0 Å².